The van der Waals surface area contributed by atoms with E-state index in [1.54, 1.807) is 0 Å². The van der Waals surface area contributed by atoms with Crippen LogP contribution in [0.5, 0.6) is 0 Å². The van der Waals surface area contributed by atoms with E-state index in [9.17, 15) is 0 Å². The Hall–Kier alpha value is -7.68. The molecule has 0 atom stereocenters. The third kappa shape index (κ3) is 4.32. The monoisotopic (exact) mass is 736 g/mol. The number of para-hydroxylation sites is 2. The van der Waals surface area contributed by atoms with Crippen molar-refractivity contribution in [3.63, 3.8) is 0 Å². The molecular formula is C56H32O2. The molecular weight excluding hydrogens is 705 g/mol. The fraction of sp³-hybridized carbons (Fsp3) is 0. The molecule has 0 radical (unpaired) electrons. The van der Waals surface area contributed by atoms with E-state index in [0.717, 1.165) is 65.8 Å². The molecule has 2 aromatic heterocycles. The molecule has 11 aromatic carbocycles. The van der Waals surface area contributed by atoms with Crippen LogP contribution in [0.1, 0.15) is 0 Å². The van der Waals surface area contributed by atoms with Crippen molar-refractivity contribution in [3.05, 3.63) is 194 Å². The van der Waals surface area contributed by atoms with Crippen LogP contribution in [0.15, 0.2) is 203 Å². The summed E-state index contributed by atoms with van der Waals surface area (Å²) in [6, 6.07) is 70.3. The van der Waals surface area contributed by atoms with Gasteiger partial charge in [-0.3, -0.25) is 0 Å². The fourth-order valence-corrected chi connectivity index (χ4v) is 9.99. The van der Waals surface area contributed by atoms with Crippen molar-refractivity contribution in [3.8, 4) is 33.4 Å². The highest BCUT2D eigenvalue weighted by Gasteiger charge is 2.23. The second kappa shape index (κ2) is 11.9. The van der Waals surface area contributed by atoms with Crippen molar-refractivity contribution in [2.45, 2.75) is 0 Å². The van der Waals surface area contributed by atoms with Crippen LogP contribution in [0, 0.1) is 0 Å². The van der Waals surface area contributed by atoms with Crippen molar-refractivity contribution in [1.29, 1.82) is 0 Å². The summed E-state index contributed by atoms with van der Waals surface area (Å²) in [5, 5.41) is 16.5. The molecule has 0 aliphatic rings. The Bertz CT molecular complexity index is 3800. The van der Waals surface area contributed by atoms with Gasteiger partial charge in [-0.15, -0.1) is 0 Å². The molecule has 268 valence electrons. The standard InChI is InChI=1S/C56H32O2/c1-2-16-34-33(14-1)15-13-25-39(34)52-40-20-5-7-22-42(40)53(43-23-8-6-21-41(43)52)44-29-28-37(35-17-3-4-18-36(35)44)48-32-49-45(54-47-24-10-12-27-51(47)58-56(48)54)30-31-46-38-19-9-11-26-50(38)57-55(46)49/h1-32H. The molecule has 0 spiro atoms. The van der Waals surface area contributed by atoms with E-state index in [1.165, 1.54) is 65.3 Å². The summed E-state index contributed by atoms with van der Waals surface area (Å²) >= 11 is 0. The van der Waals surface area contributed by atoms with E-state index in [4.69, 9.17) is 8.83 Å². The fourth-order valence-electron chi connectivity index (χ4n) is 9.99. The number of hydrogen-bond donors (Lipinski definition) is 0. The third-order valence-corrected chi connectivity index (χ3v) is 12.5. The zero-order valence-electron chi connectivity index (χ0n) is 31.3. The Morgan fingerprint density at radius 1 is 0.241 bits per heavy atom. The first-order chi connectivity index (χ1) is 28.8. The van der Waals surface area contributed by atoms with Crippen molar-refractivity contribution in [1.82, 2.24) is 0 Å². The molecule has 0 amide bonds. The topological polar surface area (TPSA) is 26.3 Å². The summed E-state index contributed by atoms with van der Waals surface area (Å²) in [6.07, 6.45) is 0. The Labute approximate surface area is 332 Å². The molecule has 58 heavy (non-hydrogen) atoms. The first-order valence-corrected chi connectivity index (χ1v) is 19.9. The Balaban J connectivity index is 1.13. The molecule has 0 bridgehead atoms. The van der Waals surface area contributed by atoms with Gasteiger partial charge >= 0.3 is 0 Å². The minimum Gasteiger partial charge on any atom is -0.455 e. The third-order valence-electron chi connectivity index (χ3n) is 12.5. The van der Waals surface area contributed by atoms with Gasteiger partial charge in [-0.2, -0.15) is 0 Å². The van der Waals surface area contributed by atoms with E-state index in [1.807, 2.05) is 6.07 Å². The van der Waals surface area contributed by atoms with Gasteiger partial charge in [-0.25, -0.2) is 0 Å². The van der Waals surface area contributed by atoms with E-state index >= 15 is 0 Å². The molecule has 0 fully saturated rings. The van der Waals surface area contributed by atoms with Crippen LogP contribution in [0.25, 0.3) is 131 Å². The van der Waals surface area contributed by atoms with Crippen LogP contribution in [0.3, 0.4) is 0 Å². The van der Waals surface area contributed by atoms with E-state index in [-0.39, 0.29) is 0 Å². The van der Waals surface area contributed by atoms with E-state index in [0.29, 0.717) is 0 Å². The lowest BCUT2D eigenvalue weighted by atomic mass is 9.83. The van der Waals surface area contributed by atoms with Crippen LogP contribution >= 0.6 is 0 Å². The normalized spacial score (nSPS) is 12.1. The zero-order valence-corrected chi connectivity index (χ0v) is 31.3. The largest absolute Gasteiger partial charge is 0.455 e. The summed E-state index contributed by atoms with van der Waals surface area (Å²) in [5.74, 6) is 0. The second-order valence-electron chi connectivity index (χ2n) is 15.4. The van der Waals surface area contributed by atoms with Crippen LogP contribution in [-0.4, -0.2) is 0 Å². The number of hydrogen-bond acceptors (Lipinski definition) is 2. The molecule has 0 saturated heterocycles. The molecule has 0 unspecified atom stereocenters. The van der Waals surface area contributed by atoms with Crippen LogP contribution < -0.4 is 0 Å². The maximum absolute atomic E-state index is 6.85. The van der Waals surface area contributed by atoms with Gasteiger partial charge in [0.2, 0.25) is 0 Å². The molecule has 2 heteroatoms. The minimum absolute atomic E-state index is 0.876. The van der Waals surface area contributed by atoms with Crippen molar-refractivity contribution in [2.75, 3.05) is 0 Å². The molecule has 2 heterocycles. The molecule has 13 rings (SSSR count). The van der Waals surface area contributed by atoms with Crippen LogP contribution in [0.2, 0.25) is 0 Å². The number of furan rings is 2. The van der Waals surface area contributed by atoms with Gasteiger partial charge in [0.05, 0.1) is 0 Å². The number of benzene rings is 11. The maximum atomic E-state index is 6.85. The Kier molecular flexibility index (Phi) is 6.47. The van der Waals surface area contributed by atoms with Crippen molar-refractivity contribution >= 4 is 97.7 Å². The van der Waals surface area contributed by atoms with Gasteiger partial charge in [0.1, 0.15) is 22.3 Å². The highest BCUT2D eigenvalue weighted by molar-refractivity contribution is 6.30. The predicted octanol–water partition coefficient (Wildman–Crippen LogP) is 16.3. The molecule has 0 N–H and O–H groups in total. The summed E-state index contributed by atoms with van der Waals surface area (Å²) in [5.41, 5.74) is 10.7. The highest BCUT2D eigenvalue weighted by Crippen LogP contribution is 2.50. The molecule has 0 aliphatic heterocycles. The van der Waals surface area contributed by atoms with E-state index < -0.39 is 0 Å². The van der Waals surface area contributed by atoms with Gasteiger partial charge in [0.15, 0.2) is 0 Å². The zero-order chi connectivity index (χ0) is 37.9. The average Bonchev–Trinajstić information content (AvgIpc) is 3.87. The lowest BCUT2D eigenvalue weighted by Crippen LogP contribution is -1.93. The number of rotatable bonds is 3. The summed E-state index contributed by atoms with van der Waals surface area (Å²) in [4.78, 5) is 0. The molecule has 13 aromatic rings. The minimum atomic E-state index is 0.876. The van der Waals surface area contributed by atoms with Crippen LogP contribution in [0.4, 0.5) is 0 Å². The molecule has 0 saturated carbocycles. The quantitative estimate of drug-likeness (QED) is 0.169. The smallest absolute Gasteiger partial charge is 0.143 e. The summed E-state index contributed by atoms with van der Waals surface area (Å²) in [7, 11) is 0. The van der Waals surface area contributed by atoms with Gasteiger partial charge < -0.3 is 8.83 Å². The predicted molar refractivity (Wildman–Crippen MR) is 245 cm³/mol. The van der Waals surface area contributed by atoms with Gasteiger partial charge in [-0.1, -0.05) is 170 Å². The van der Waals surface area contributed by atoms with E-state index in [2.05, 4.69) is 188 Å². The first-order valence-electron chi connectivity index (χ1n) is 19.9. The lowest BCUT2D eigenvalue weighted by molar-refractivity contribution is 0.670. The Morgan fingerprint density at radius 2 is 0.707 bits per heavy atom. The van der Waals surface area contributed by atoms with Gasteiger partial charge in [0, 0.05) is 32.5 Å². The highest BCUT2D eigenvalue weighted by atomic mass is 16.3. The average molecular weight is 737 g/mol. The van der Waals surface area contributed by atoms with Crippen molar-refractivity contribution < 1.29 is 8.83 Å². The van der Waals surface area contributed by atoms with Gasteiger partial charge in [0.25, 0.3) is 0 Å². The molecule has 2 nitrogen and oxygen atoms in total. The van der Waals surface area contributed by atoms with Crippen LogP contribution in [-0.2, 0) is 0 Å². The SMILES string of the molecule is c1ccc2c(-c3c4ccccc4c(-c4ccc(-c5cc6c(ccc7c8ccccc8oc76)c6c5oc5ccccc56)c5ccccc45)c4ccccc34)cccc2c1. The second-order valence-corrected chi connectivity index (χ2v) is 15.4. The van der Waals surface area contributed by atoms with Crippen molar-refractivity contribution in [2.24, 2.45) is 0 Å². The number of fused-ring (bicyclic) bond motifs is 13. The summed E-state index contributed by atoms with van der Waals surface area (Å²) < 4.78 is 13.5. The van der Waals surface area contributed by atoms with Gasteiger partial charge in [-0.05, 0) is 101 Å². The maximum Gasteiger partial charge on any atom is 0.143 e. The lowest BCUT2D eigenvalue weighted by Gasteiger charge is -2.20. The first kappa shape index (κ1) is 31.5. The Morgan fingerprint density at radius 3 is 1.40 bits per heavy atom. The summed E-state index contributed by atoms with van der Waals surface area (Å²) in [6.45, 7) is 0. The molecule has 0 aliphatic carbocycles.